The lowest BCUT2D eigenvalue weighted by atomic mass is 9.72. The molecule has 5 heteroatoms. The normalized spacial score (nSPS) is 19.2. The van der Waals surface area contributed by atoms with Gasteiger partial charge in [-0.25, -0.2) is 0 Å². The summed E-state index contributed by atoms with van der Waals surface area (Å²) in [5, 5.41) is 6.27. The topological polar surface area (TPSA) is 58.2 Å². The molecule has 4 nitrogen and oxygen atoms in total. The molecule has 0 saturated carbocycles. The Hall–Kier alpha value is -1.20. The standard InChI is InChI=1S/C15H22N2O2S/c1-20(19)12-11-17-14(18)15(7-9-16-10-8-15)13-5-3-2-4-6-13/h2-6,16H,7-12H2,1H3,(H,17,18). The molecule has 1 amide bonds. The molecular weight excluding hydrogens is 272 g/mol. The van der Waals surface area contributed by atoms with Crippen molar-refractivity contribution in [1.82, 2.24) is 10.6 Å². The van der Waals surface area contributed by atoms with Crippen LogP contribution >= 0.6 is 0 Å². The first kappa shape index (κ1) is 15.2. The third kappa shape index (κ3) is 3.46. The maximum absolute atomic E-state index is 12.7. The Labute approximate surface area is 122 Å². The molecule has 110 valence electrons. The van der Waals surface area contributed by atoms with Crippen molar-refractivity contribution in [3.63, 3.8) is 0 Å². The maximum atomic E-state index is 12.7. The monoisotopic (exact) mass is 294 g/mol. The van der Waals surface area contributed by atoms with Crippen LogP contribution in [0.1, 0.15) is 18.4 Å². The summed E-state index contributed by atoms with van der Waals surface area (Å²) in [6, 6.07) is 9.99. The fraction of sp³-hybridized carbons (Fsp3) is 0.533. The highest BCUT2D eigenvalue weighted by Gasteiger charge is 2.40. The minimum atomic E-state index is -0.872. The predicted molar refractivity (Wildman–Crippen MR) is 82.2 cm³/mol. The lowest BCUT2D eigenvalue weighted by Crippen LogP contribution is -2.51. The van der Waals surface area contributed by atoms with Gasteiger partial charge in [-0.1, -0.05) is 30.3 Å². The number of carbonyl (C=O) groups excluding carboxylic acids is 1. The molecule has 1 aromatic rings. The Balaban J connectivity index is 2.15. The minimum absolute atomic E-state index is 0.0654. The third-order valence-electron chi connectivity index (χ3n) is 3.89. The van der Waals surface area contributed by atoms with Gasteiger partial charge in [-0.15, -0.1) is 0 Å². The summed E-state index contributed by atoms with van der Waals surface area (Å²) < 4.78 is 11.1. The summed E-state index contributed by atoms with van der Waals surface area (Å²) in [5.74, 6) is 0.574. The number of benzene rings is 1. The van der Waals surface area contributed by atoms with E-state index >= 15 is 0 Å². The Morgan fingerprint density at radius 2 is 1.95 bits per heavy atom. The van der Waals surface area contributed by atoms with E-state index in [-0.39, 0.29) is 5.91 Å². The zero-order chi connectivity index (χ0) is 14.4. The van der Waals surface area contributed by atoms with Gasteiger partial charge in [-0.3, -0.25) is 9.00 Å². The minimum Gasteiger partial charge on any atom is -0.354 e. The Morgan fingerprint density at radius 3 is 2.55 bits per heavy atom. The van der Waals surface area contributed by atoms with E-state index in [1.54, 1.807) is 6.26 Å². The van der Waals surface area contributed by atoms with Gasteiger partial charge in [-0.2, -0.15) is 0 Å². The van der Waals surface area contributed by atoms with Gasteiger partial charge in [-0.05, 0) is 31.5 Å². The summed E-state index contributed by atoms with van der Waals surface area (Å²) in [4.78, 5) is 12.7. The van der Waals surface area contributed by atoms with Crippen LogP contribution < -0.4 is 10.6 Å². The summed E-state index contributed by atoms with van der Waals surface area (Å²) in [6.45, 7) is 2.17. The van der Waals surface area contributed by atoms with Gasteiger partial charge in [0.15, 0.2) is 0 Å². The molecule has 0 aromatic heterocycles. The van der Waals surface area contributed by atoms with Crippen LogP contribution in [-0.2, 0) is 21.0 Å². The van der Waals surface area contributed by atoms with E-state index in [1.165, 1.54) is 0 Å². The van der Waals surface area contributed by atoms with Crippen LogP contribution in [0.4, 0.5) is 0 Å². The number of rotatable bonds is 5. The van der Waals surface area contributed by atoms with E-state index in [0.29, 0.717) is 12.3 Å². The summed E-state index contributed by atoms with van der Waals surface area (Å²) in [6.07, 6.45) is 3.26. The molecule has 0 bridgehead atoms. The van der Waals surface area contributed by atoms with Gasteiger partial charge in [0.25, 0.3) is 0 Å². The first-order chi connectivity index (χ1) is 9.65. The quantitative estimate of drug-likeness (QED) is 0.844. The molecule has 1 aromatic carbocycles. The Kier molecular flexibility index (Phi) is 5.31. The molecule has 1 aliphatic rings. The van der Waals surface area contributed by atoms with Gasteiger partial charge in [0.05, 0.1) is 5.41 Å². The molecule has 1 unspecified atom stereocenters. The van der Waals surface area contributed by atoms with Crippen LogP contribution in [-0.4, -0.2) is 41.8 Å². The van der Waals surface area contributed by atoms with E-state index in [2.05, 4.69) is 10.6 Å². The van der Waals surface area contributed by atoms with E-state index in [9.17, 15) is 9.00 Å². The molecule has 1 fully saturated rings. The van der Waals surface area contributed by atoms with Crippen molar-refractivity contribution >= 4 is 16.7 Å². The fourth-order valence-electron chi connectivity index (χ4n) is 2.74. The molecule has 0 radical (unpaired) electrons. The van der Waals surface area contributed by atoms with Crippen LogP contribution in [0.5, 0.6) is 0 Å². The van der Waals surface area contributed by atoms with E-state index in [4.69, 9.17) is 0 Å². The molecule has 0 spiro atoms. The van der Waals surface area contributed by atoms with Gasteiger partial charge in [0.2, 0.25) is 5.91 Å². The average Bonchev–Trinajstić information content (AvgIpc) is 2.48. The van der Waals surface area contributed by atoms with Crippen molar-refractivity contribution in [2.24, 2.45) is 0 Å². The number of hydrogen-bond acceptors (Lipinski definition) is 3. The van der Waals surface area contributed by atoms with E-state index < -0.39 is 16.2 Å². The first-order valence-corrected chi connectivity index (χ1v) is 8.72. The average molecular weight is 294 g/mol. The molecule has 2 N–H and O–H groups in total. The highest BCUT2D eigenvalue weighted by atomic mass is 32.2. The second kappa shape index (κ2) is 6.99. The SMILES string of the molecule is CS(=O)CCNC(=O)C1(c2ccccc2)CCNCC1. The number of hydrogen-bond donors (Lipinski definition) is 2. The van der Waals surface area contributed by atoms with E-state index in [1.807, 2.05) is 30.3 Å². The summed E-state index contributed by atoms with van der Waals surface area (Å²) in [7, 11) is -0.872. The Morgan fingerprint density at radius 1 is 1.30 bits per heavy atom. The number of amides is 1. The van der Waals surface area contributed by atoms with Crippen molar-refractivity contribution < 1.29 is 9.00 Å². The zero-order valence-electron chi connectivity index (χ0n) is 11.9. The highest BCUT2D eigenvalue weighted by molar-refractivity contribution is 7.84. The van der Waals surface area contributed by atoms with E-state index in [0.717, 1.165) is 31.5 Å². The number of nitrogens with one attached hydrogen (secondary N) is 2. The van der Waals surface area contributed by atoms with Crippen LogP contribution in [0.3, 0.4) is 0 Å². The molecule has 1 aliphatic heterocycles. The lowest BCUT2D eigenvalue weighted by Gasteiger charge is -2.36. The lowest BCUT2D eigenvalue weighted by molar-refractivity contribution is -0.127. The first-order valence-electron chi connectivity index (χ1n) is 7.00. The molecule has 1 saturated heterocycles. The molecule has 1 atom stereocenters. The zero-order valence-corrected chi connectivity index (χ0v) is 12.7. The molecule has 2 rings (SSSR count). The second-order valence-electron chi connectivity index (χ2n) is 5.23. The predicted octanol–water partition coefficient (Wildman–Crippen LogP) is 0.802. The maximum Gasteiger partial charge on any atom is 0.230 e. The smallest absolute Gasteiger partial charge is 0.230 e. The van der Waals surface area contributed by atoms with Crippen molar-refractivity contribution in [1.29, 1.82) is 0 Å². The van der Waals surface area contributed by atoms with Crippen LogP contribution in [0.25, 0.3) is 0 Å². The van der Waals surface area contributed by atoms with Crippen molar-refractivity contribution in [3.05, 3.63) is 35.9 Å². The number of piperidine rings is 1. The largest absolute Gasteiger partial charge is 0.354 e. The highest BCUT2D eigenvalue weighted by Crippen LogP contribution is 2.33. The molecule has 0 aliphatic carbocycles. The van der Waals surface area contributed by atoms with Gasteiger partial charge >= 0.3 is 0 Å². The number of carbonyl (C=O) groups is 1. The summed E-state index contributed by atoms with van der Waals surface area (Å²) >= 11 is 0. The van der Waals surface area contributed by atoms with Gasteiger partial charge in [0.1, 0.15) is 0 Å². The summed E-state index contributed by atoms with van der Waals surface area (Å²) in [5.41, 5.74) is 0.637. The van der Waals surface area contributed by atoms with Crippen LogP contribution in [0, 0.1) is 0 Å². The Bertz CT molecular complexity index is 470. The fourth-order valence-corrected chi connectivity index (χ4v) is 3.12. The second-order valence-corrected chi connectivity index (χ2v) is 6.79. The van der Waals surface area contributed by atoms with Crippen molar-refractivity contribution in [2.75, 3.05) is 31.6 Å². The van der Waals surface area contributed by atoms with Crippen LogP contribution in [0.15, 0.2) is 30.3 Å². The molecular formula is C15H22N2O2S. The van der Waals surface area contributed by atoms with Gasteiger partial charge < -0.3 is 10.6 Å². The van der Waals surface area contributed by atoms with Crippen molar-refractivity contribution in [3.8, 4) is 0 Å². The third-order valence-corrected chi connectivity index (χ3v) is 4.67. The van der Waals surface area contributed by atoms with Gasteiger partial charge in [0, 0.05) is 29.4 Å². The molecule has 20 heavy (non-hydrogen) atoms. The molecule has 1 heterocycles. The van der Waals surface area contributed by atoms with Crippen molar-refractivity contribution in [2.45, 2.75) is 18.3 Å². The van der Waals surface area contributed by atoms with Crippen LogP contribution in [0.2, 0.25) is 0 Å².